The Morgan fingerprint density at radius 3 is 2.67 bits per heavy atom. The van der Waals surface area contributed by atoms with Gasteiger partial charge in [-0.3, -0.25) is 4.90 Å². The van der Waals surface area contributed by atoms with Gasteiger partial charge in [0.1, 0.15) is 4.66 Å². The first-order valence-corrected chi connectivity index (χ1v) is 8.14. The van der Waals surface area contributed by atoms with E-state index in [9.17, 15) is 8.42 Å². The van der Waals surface area contributed by atoms with Gasteiger partial charge in [0, 0.05) is 19.1 Å². The fraction of sp³-hybridized carbons (Fsp3) is 1.00. The van der Waals surface area contributed by atoms with Crippen LogP contribution in [0.15, 0.2) is 0 Å². The maximum Gasteiger partial charge on any atom is 0.224 e. The first kappa shape index (κ1) is 11.8. The molecule has 6 heteroatoms. The Balaban J connectivity index is 2.09. The van der Waals surface area contributed by atoms with E-state index >= 15 is 0 Å². The summed E-state index contributed by atoms with van der Waals surface area (Å²) in [6, 6.07) is 0.460. The van der Waals surface area contributed by atoms with Gasteiger partial charge in [0.2, 0.25) is 10.0 Å². The maximum atomic E-state index is 11.8. The fourth-order valence-electron chi connectivity index (χ4n) is 2.49. The van der Waals surface area contributed by atoms with E-state index in [-0.39, 0.29) is 4.66 Å². The van der Waals surface area contributed by atoms with Crippen LogP contribution in [0.25, 0.3) is 0 Å². The van der Waals surface area contributed by atoms with Crippen molar-refractivity contribution < 1.29 is 8.42 Å². The first-order chi connectivity index (χ1) is 7.13. The van der Waals surface area contributed by atoms with Gasteiger partial charge in [0.05, 0.1) is 0 Å². The Bertz CT molecular complexity index is 320. The van der Waals surface area contributed by atoms with Crippen LogP contribution in [0, 0.1) is 0 Å². The molecule has 0 bridgehead atoms. The molecule has 2 aliphatic rings. The van der Waals surface area contributed by atoms with Crippen molar-refractivity contribution in [3.8, 4) is 0 Å². The normalized spacial score (nSPS) is 30.1. The molecule has 4 nitrogen and oxygen atoms in total. The number of alkyl halides is 1. The van der Waals surface area contributed by atoms with Gasteiger partial charge in [-0.15, -0.1) is 0 Å². The highest BCUT2D eigenvalue weighted by molar-refractivity contribution is 9.10. The second kappa shape index (κ2) is 4.69. The largest absolute Gasteiger partial charge is 0.299 e. The standard InChI is InChI=1S/C9H17BrN2O2S/c10-8-15(13,14)12-6-2-5-11-4-1-3-9(11)7-12/h9H,1-8H2. The number of hydrogen-bond donors (Lipinski definition) is 0. The van der Waals surface area contributed by atoms with Crippen molar-refractivity contribution in [1.29, 1.82) is 0 Å². The fourth-order valence-corrected chi connectivity index (χ4v) is 4.31. The molecule has 0 N–H and O–H groups in total. The van der Waals surface area contributed by atoms with E-state index in [4.69, 9.17) is 0 Å². The Morgan fingerprint density at radius 2 is 1.93 bits per heavy atom. The molecule has 15 heavy (non-hydrogen) atoms. The number of hydrogen-bond acceptors (Lipinski definition) is 3. The molecule has 0 aromatic rings. The molecular weight excluding hydrogens is 280 g/mol. The van der Waals surface area contributed by atoms with Crippen molar-refractivity contribution in [2.24, 2.45) is 0 Å². The molecule has 2 fully saturated rings. The molecule has 1 atom stereocenters. The van der Waals surface area contributed by atoms with Crippen LogP contribution in [0.3, 0.4) is 0 Å². The summed E-state index contributed by atoms with van der Waals surface area (Å²) in [5, 5.41) is 0. The van der Waals surface area contributed by atoms with E-state index in [2.05, 4.69) is 20.8 Å². The second-order valence-corrected chi connectivity index (χ2v) is 7.54. The van der Waals surface area contributed by atoms with Crippen LogP contribution >= 0.6 is 15.9 Å². The van der Waals surface area contributed by atoms with E-state index in [1.807, 2.05) is 0 Å². The molecule has 2 saturated heterocycles. The monoisotopic (exact) mass is 296 g/mol. The topological polar surface area (TPSA) is 40.6 Å². The average molecular weight is 297 g/mol. The van der Waals surface area contributed by atoms with Crippen molar-refractivity contribution in [2.45, 2.75) is 25.3 Å². The van der Waals surface area contributed by atoms with E-state index in [1.54, 1.807) is 4.31 Å². The first-order valence-electron chi connectivity index (χ1n) is 5.41. The van der Waals surface area contributed by atoms with Gasteiger partial charge >= 0.3 is 0 Å². The highest BCUT2D eigenvalue weighted by atomic mass is 79.9. The van der Waals surface area contributed by atoms with Crippen molar-refractivity contribution >= 4 is 26.0 Å². The van der Waals surface area contributed by atoms with Gasteiger partial charge in [-0.2, -0.15) is 4.31 Å². The molecule has 0 aromatic carbocycles. The lowest BCUT2D eigenvalue weighted by atomic mass is 10.2. The van der Waals surface area contributed by atoms with Crippen molar-refractivity contribution in [3.63, 3.8) is 0 Å². The molecule has 1 unspecified atom stereocenters. The summed E-state index contributed by atoms with van der Waals surface area (Å²) >= 11 is 3.06. The number of nitrogens with zero attached hydrogens (tertiary/aromatic N) is 2. The molecular formula is C9H17BrN2O2S. The van der Waals surface area contributed by atoms with Crippen LogP contribution in [0.2, 0.25) is 0 Å². The maximum absolute atomic E-state index is 11.8. The summed E-state index contributed by atoms with van der Waals surface area (Å²) in [7, 11) is -3.06. The number of sulfonamides is 1. The number of fused-ring (bicyclic) bond motifs is 1. The van der Waals surface area contributed by atoms with E-state index < -0.39 is 10.0 Å². The molecule has 2 aliphatic heterocycles. The van der Waals surface area contributed by atoms with Gasteiger partial charge in [-0.1, -0.05) is 15.9 Å². The molecule has 2 rings (SSSR count). The molecule has 0 aromatic heterocycles. The zero-order chi connectivity index (χ0) is 10.9. The Labute approximate surface area is 99.8 Å². The molecule has 0 aliphatic carbocycles. The van der Waals surface area contributed by atoms with Gasteiger partial charge in [-0.25, -0.2) is 8.42 Å². The Hall–Kier alpha value is 0.350. The SMILES string of the molecule is O=S(=O)(CBr)N1CCCN2CCCC2C1. The quantitative estimate of drug-likeness (QED) is 0.709. The Morgan fingerprint density at radius 1 is 1.20 bits per heavy atom. The summed E-state index contributed by atoms with van der Waals surface area (Å²) < 4.78 is 25.2. The van der Waals surface area contributed by atoms with Crippen LogP contribution in [0.4, 0.5) is 0 Å². The minimum Gasteiger partial charge on any atom is -0.299 e. The predicted octanol–water partition coefficient (Wildman–Crippen LogP) is 0.839. The number of rotatable bonds is 2. The summed E-state index contributed by atoms with van der Waals surface area (Å²) in [6.07, 6.45) is 3.32. The van der Waals surface area contributed by atoms with Gasteiger partial charge in [0.15, 0.2) is 0 Å². The molecule has 0 radical (unpaired) electrons. The van der Waals surface area contributed by atoms with E-state index in [1.165, 1.54) is 6.42 Å². The van der Waals surface area contributed by atoms with E-state index in [0.717, 1.165) is 25.9 Å². The second-order valence-electron chi connectivity index (χ2n) is 4.26. The minimum atomic E-state index is -3.06. The molecule has 0 saturated carbocycles. The molecule has 0 spiro atoms. The van der Waals surface area contributed by atoms with Crippen molar-refractivity contribution in [1.82, 2.24) is 9.21 Å². The Kier molecular flexibility index (Phi) is 3.70. The summed E-state index contributed by atoms with van der Waals surface area (Å²) in [5.41, 5.74) is 0. The smallest absolute Gasteiger partial charge is 0.224 e. The third-order valence-corrected chi connectivity index (χ3v) is 6.43. The average Bonchev–Trinajstić information content (AvgIpc) is 2.55. The van der Waals surface area contributed by atoms with Crippen molar-refractivity contribution in [3.05, 3.63) is 0 Å². The summed E-state index contributed by atoms with van der Waals surface area (Å²) in [5.74, 6) is 0. The highest BCUT2D eigenvalue weighted by Crippen LogP contribution is 2.23. The predicted molar refractivity (Wildman–Crippen MR) is 63.5 cm³/mol. The molecule has 88 valence electrons. The van der Waals surface area contributed by atoms with Crippen LogP contribution in [0.1, 0.15) is 19.3 Å². The lowest BCUT2D eigenvalue weighted by Gasteiger charge is -2.24. The van der Waals surface area contributed by atoms with Gasteiger partial charge in [-0.05, 0) is 32.4 Å². The number of halogens is 1. The lowest BCUT2D eigenvalue weighted by molar-refractivity contribution is 0.258. The summed E-state index contributed by atoms with van der Waals surface area (Å²) in [4.78, 5) is 2.43. The zero-order valence-electron chi connectivity index (χ0n) is 8.73. The highest BCUT2D eigenvalue weighted by Gasteiger charge is 2.32. The molecule has 0 amide bonds. The van der Waals surface area contributed by atoms with Gasteiger partial charge in [0.25, 0.3) is 0 Å². The zero-order valence-corrected chi connectivity index (χ0v) is 11.1. The van der Waals surface area contributed by atoms with E-state index in [0.29, 0.717) is 19.1 Å². The van der Waals surface area contributed by atoms with Crippen LogP contribution < -0.4 is 0 Å². The van der Waals surface area contributed by atoms with Crippen LogP contribution in [0.5, 0.6) is 0 Å². The lowest BCUT2D eigenvalue weighted by Crippen LogP contribution is -2.39. The van der Waals surface area contributed by atoms with Gasteiger partial charge < -0.3 is 0 Å². The van der Waals surface area contributed by atoms with Crippen LogP contribution in [-0.2, 0) is 10.0 Å². The third kappa shape index (κ3) is 2.54. The summed E-state index contributed by atoms with van der Waals surface area (Å²) in [6.45, 7) is 3.57. The third-order valence-electron chi connectivity index (χ3n) is 3.30. The molecule has 2 heterocycles. The van der Waals surface area contributed by atoms with Crippen LogP contribution in [-0.4, -0.2) is 54.5 Å². The minimum absolute atomic E-state index is 0.0483. The van der Waals surface area contributed by atoms with Crippen molar-refractivity contribution in [2.75, 3.05) is 30.8 Å².